The van der Waals surface area contributed by atoms with Crippen LogP contribution < -0.4 is 16.0 Å². The van der Waals surface area contributed by atoms with Crippen LogP contribution in [0.25, 0.3) is 0 Å². The van der Waals surface area contributed by atoms with Crippen LogP contribution in [-0.2, 0) is 14.3 Å². The summed E-state index contributed by atoms with van der Waals surface area (Å²) >= 11 is 0. The lowest BCUT2D eigenvalue weighted by molar-refractivity contribution is -0.138. The Bertz CT molecular complexity index is 626. The number of carbonyl (C=O) groups excluding carboxylic acids is 3. The minimum absolute atomic E-state index is 0.101. The summed E-state index contributed by atoms with van der Waals surface area (Å²) in [5.74, 6) is -0.426. The zero-order valence-electron chi connectivity index (χ0n) is 17.2. The molecule has 0 bridgehead atoms. The largest absolute Gasteiger partial charge is 0.463 e. The van der Waals surface area contributed by atoms with Crippen LogP contribution in [0.1, 0.15) is 47.0 Å². The molecule has 1 fully saturated rings. The first-order chi connectivity index (χ1) is 13.2. The molecule has 0 aromatic rings. The Morgan fingerprint density at radius 2 is 2.04 bits per heavy atom. The molecule has 0 spiro atoms. The first-order valence-electron chi connectivity index (χ1n) is 9.84. The van der Waals surface area contributed by atoms with Crippen LogP contribution in [0.4, 0.5) is 9.59 Å². The molecule has 0 aromatic heterocycles. The highest BCUT2D eigenvalue weighted by Gasteiger charge is 2.29. The second-order valence-corrected chi connectivity index (χ2v) is 7.99. The van der Waals surface area contributed by atoms with Gasteiger partial charge in [-0.05, 0) is 47.1 Å². The maximum absolute atomic E-state index is 12.2. The molecule has 0 aliphatic carbocycles. The SMILES string of the molecule is CCOC(=O)C1=C(CN2CCCCC2CNC(=O)OC(C)(C)C)NC(=O)NC1. The molecule has 1 saturated heterocycles. The number of rotatable bonds is 6. The quantitative estimate of drug-likeness (QED) is 0.587. The molecule has 2 aliphatic rings. The molecule has 0 radical (unpaired) electrons. The van der Waals surface area contributed by atoms with Gasteiger partial charge in [-0.25, -0.2) is 14.4 Å². The van der Waals surface area contributed by atoms with Gasteiger partial charge in [-0.15, -0.1) is 0 Å². The van der Waals surface area contributed by atoms with Gasteiger partial charge < -0.3 is 25.4 Å². The Morgan fingerprint density at radius 3 is 2.71 bits per heavy atom. The smallest absolute Gasteiger partial charge is 0.407 e. The van der Waals surface area contributed by atoms with Crippen molar-refractivity contribution in [2.45, 2.75) is 58.6 Å². The number of alkyl carbamates (subject to hydrolysis) is 1. The topological polar surface area (TPSA) is 109 Å². The van der Waals surface area contributed by atoms with Crippen molar-refractivity contribution in [3.63, 3.8) is 0 Å². The van der Waals surface area contributed by atoms with Gasteiger partial charge in [0, 0.05) is 24.8 Å². The molecule has 2 rings (SSSR count). The molecule has 1 unspecified atom stereocenters. The summed E-state index contributed by atoms with van der Waals surface area (Å²) in [5.41, 5.74) is 0.451. The zero-order chi connectivity index (χ0) is 20.7. The highest BCUT2D eigenvalue weighted by Crippen LogP contribution is 2.20. The average molecular weight is 396 g/mol. The van der Waals surface area contributed by atoms with Crippen LogP contribution in [0.5, 0.6) is 0 Å². The molecule has 9 heteroatoms. The number of ether oxygens (including phenoxy) is 2. The van der Waals surface area contributed by atoms with Gasteiger partial charge in [0.1, 0.15) is 5.60 Å². The third-order valence-electron chi connectivity index (χ3n) is 4.57. The van der Waals surface area contributed by atoms with Crippen molar-refractivity contribution in [1.82, 2.24) is 20.9 Å². The summed E-state index contributed by atoms with van der Waals surface area (Å²) in [6.07, 6.45) is 2.57. The van der Waals surface area contributed by atoms with Crippen molar-refractivity contribution in [3.05, 3.63) is 11.3 Å². The summed E-state index contributed by atoms with van der Waals surface area (Å²) in [5, 5.41) is 8.18. The Labute approximate surface area is 166 Å². The fourth-order valence-electron chi connectivity index (χ4n) is 3.30. The van der Waals surface area contributed by atoms with E-state index in [2.05, 4.69) is 20.9 Å². The normalized spacial score (nSPS) is 20.9. The van der Waals surface area contributed by atoms with Crippen molar-refractivity contribution < 1.29 is 23.9 Å². The van der Waals surface area contributed by atoms with E-state index in [0.717, 1.165) is 25.8 Å². The van der Waals surface area contributed by atoms with Crippen LogP contribution in [0, 0.1) is 0 Å². The summed E-state index contributed by atoms with van der Waals surface area (Å²) in [6, 6.07) is -0.229. The standard InChI is InChI=1S/C19H32N4O5/c1-5-27-16(24)14-11-20-17(25)22-15(14)12-23-9-7-6-8-13(23)10-21-18(26)28-19(2,3)4/h13H,5-12H2,1-4H3,(H,21,26)(H2,20,22,25). The number of nitrogens with zero attached hydrogens (tertiary/aromatic N) is 1. The van der Waals surface area contributed by atoms with Crippen LogP contribution in [-0.4, -0.2) is 67.4 Å². The number of hydrogen-bond acceptors (Lipinski definition) is 6. The summed E-state index contributed by atoms with van der Waals surface area (Å²) in [6.45, 7) is 9.32. The van der Waals surface area contributed by atoms with Gasteiger partial charge in [-0.3, -0.25) is 4.90 Å². The van der Waals surface area contributed by atoms with E-state index >= 15 is 0 Å². The molecule has 3 N–H and O–H groups in total. The molecule has 158 valence electrons. The Kier molecular flexibility index (Phi) is 7.68. The van der Waals surface area contributed by atoms with Gasteiger partial charge in [0.2, 0.25) is 0 Å². The van der Waals surface area contributed by atoms with E-state index in [9.17, 15) is 14.4 Å². The van der Waals surface area contributed by atoms with Gasteiger partial charge >= 0.3 is 18.1 Å². The fourth-order valence-corrected chi connectivity index (χ4v) is 3.30. The third kappa shape index (κ3) is 6.70. The molecule has 0 saturated carbocycles. The van der Waals surface area contributed by atoms with Crippen molar-refractivity contribution in [1.29, 1.82) is 0 Å². The average Bonchev–Trinajstić information content (AvgIpc) is 2.60. The summed E-state index contributed by atoms with van der Waals surface area (Å²) < 4.78 is 10.4. The van der Waals surface area contributed by atoms with Crippen molar-refractivity contribution in [3.8, 4) is 0 Å². The molecule has 3 amide bonds. The predicted octanol–water partition coefficient (Wildman–Crippen LogP) is 1.50. The van der Waals surface area contributed by atoms with Gasteiger partial charge in [-0.2, -0.15) is 0 Å². The lowest BCUT2D eigenvalue weighted by atomic mass is 10.0. The Morgan fingerprint density at radius 1 is 1.29 bits per heavy atom. The summed E-state index contributed by atoms with van der Waals surface area (Å²) in [7, 11) is 0. The zero-order valence-corrected chi connectivity index (χ0v) is 17.2. The molecule has 2 heterocycles. The Balaban J connectivity index is 2.04. The van der Waals surface area contributed by atoms with E-state index in [1.54, 1.807) is 6.92 Å². The maximum atomic E-state index is 12.2. The number of nitrogens with one attached hydrogen (secondary N) is 3. The molecule has 9 nitrogen and oxygen atoms in total. The van der Waals surface area contributed by atoms with Gasteiger partial charge in [0.25, 0.3) is 0 Å². The third-order valence-corrected chi connectivity index (χ3v) is 4.57. The number of amides is 3. The first-order valence-corrected chi connectivity index (χ1v) is 9.84. The van der Waals surface area contributed by atoms with E-state index in [0.29, 0.717) is 24.4 Å². The number of likely N-dealkylation sites (tertiary alicyclic amines) is 1. The van der Waals surface area contributed by atoms with Gasteiger partial charge in [-0.1, -0.05) is 6.42 Å². The van der Waals surface area contributed by atoms with Crippen LogP contribution in [0.3, 0.4) is 0 Å². The molecular weight excluding hydrogens is 364 g/mol. The molecule has 2 aliphatic heterocycles. The monoisotopic (exact) mass is 396 g/mol. The van der Waals surface area contributed by atoms with E-state index < -0.39 is 17.7 Å². The maximum Gasteiger partial charge on any atom is 0.407 e. The Hall–Kier alpha value is -2.29. The minimum atomic E-state index is -0.547. The number of piperidine rings is 1. The highest BCUT2D eigenvalue weighted by atomic mass is 16.6. The number of hydrogen-bond donors (Lipinski definition) is 3. The van der Waals surface area contributed by atoms with Gasteiger partial charge in [0.05, 0.1) is 18.7 Å². The van der Waals surface area contributed by atoms with E-state index in [1.807, 2.05) is 20.8 Å². The van der Waals surface area contributed by atoms with E-state index in [4.69, 9.17) is 9.47 Å². The summed E-state index contributed by atoms with van der Waals surface area (Å²) in [4.78, 5) is 38.1. The minimum Gasteiger partial charge on any atom is -0.463 e. The van der Waals surface area contributed by atoms with E-state index in [1.165, 1.54) is 0 Å². The van der Waals surface area contributed by atoms with Crippen molar-refractivity contribution in [2.75, 3.05) is 32.8 Å². The number of carbonyl (C=O) groups is 3. The lowest BCUT2D eigenvalue weighted by Crippen LogP contribution is -2.51. The molecule has 0 aromatic carbocycles. The van der Waals surface area contributed by atoms with Crippen molar-refractivity contribution in [2.24, 2.45) is 0 Å². The van der Waals surface area contributed by atoms with Gasteiger partial charge in [0.15, 0.2) is 0 Å². The molecular formula is C19H32N4O5. The highest BCUT2D eigenvalue weighted by molar-refractivity contribution is 5.93. The van der Waals surface area contributed by atoms with Crippen LogP contribution in [0.2, 0.25) is 0 Å². The first kappa shape index (κ1) is 22.0. The molecule has 28 heavy (non-hydrogen) atoms. The van der Waals surface area contributed by atoms with Crippen LogP contribution >= 0.6 is 0 Å². The molecule has 1 atom stereocenters. The number of urea groups is 1. The van der Waals surface area contributed by atoms with E-state index in [-0.39, 0.29) is 25.2 Å². The van der Waals surface area contributed by atoms with Crippen LogP contribution in [0.15, 0.2) is 11.3 Å². The number of esters is 1. The second-order valence-electron chi connectivity index (χ2n) is 7.99. The lowest BCUT2D eigenvalue weighted by Gasteiger charge is -2.37. The predicted molar refractivity (Wildman–Crippen MR) is 104 cm³/mol. The second kappa shape index (κ2) is 9.77. The fraction of sp³-hybridized carbons (Fsp3) is 0.737. The van der Waals surface area contributed by atoms with Crippen molar-refractivity contribution >= 4 is 18.1 Å².